The summed E-state index contributed by atoms with van der Waals surface area (Å²) in [5.74, 6) is 1.60. The Hall–Kier alpha value is -0.330. The van der Waals surface area contributed by atoms with Crippen molar-refractivity contribution in [1.82, 2.24) is 0 Å². The second kappa shape index (κ2) is 6.22. The summed E-state index contributed by atoms with van der Waals surface area (Å²) >= 11 is 0. The van der Waals surface area contributed by atoms with Crippen LogP contribution in [-0.2, 0) is 0 Å². The minimum absolute atomic E-state index is 0.724. The number of hydrogen-bond acceptors (Lipinski definition) is 0. The molecule has 0 aromatic heterocycles. The van der Waals surface area contributed by atoms with E-state index in [1.807, 2.05) is 0 Å². The van der Waals surface area contributed by atoms with Gasteiger partial charge in [0.1, 0.15) is 20.3 Å². The lowest BCUT2D eigenvalue weighted by atomic mass is 9.94. The summed E-state index contributed by atoms with van der Waals surface area (Å²) in [7, 11) is 4.20. The third-order valence-corrected chi connectivity index (χ3v) is 2.11. The number of nitrogens with zero attached hydrogens (tertiary/aromatic N) is 1. The maximum atomic E-state index is 2.35. The van der Waals surface area contributed by atoms with Crippen molar-refractivity contribution < 1.29 is 4.58 Å². The van der Waals surface area contributed by atoms with Crippen LogP contribution < -0.4 is 0 Å². The monoisotopic (exact) mass is 170 g/mol. The fourth-order valence-corrected chi connectivity index (χ4v) is 1.82. The summed E-state index contributed by atoms with van der Waals surface area (Å²) in [6.45, 7) is 6.91. The van der Waals surface area contributed by atoms with Crippen LogP contribution in [0.5, 0.6) is 0 Å². The molecule has 0 saturated carbocycles. The van der Waals surface area contributed by atoms with Crippen LogP contribution in [-0.4, -0.2) is 24.9 Å². The van der Waals surface area contributed by atoms with Crippen molar-refractivity contribution in [3.63, 3.8) is 0 Å². The van der Waals surface area contributed by atoms with Gasteiger partial charge in [-0.2, -0.15) is 0 Å². The normalized spacial score (nSPS) is 15.4. The molecule has 1 nitrogen and oxygen atoms in total. The summed E-state index contributed by atoms with van der Waals surface area (Å²) in [4.78, 5) is 0. The zero-order valence-corrected chi connectivity index (χ0v) is 9.30. The van der Waals surface area contributed by atoms with Gasteiger partial charge in [0.15, 0.2) is 0 Å². The highest BCUT2D eigenvalue weighted by Gasteiger charge is 2.08. The molecule has 0 bridgehead atoms. The molecule has 12 heavy (non-hydrogen) atoms. The SMILES string of the molecule is CCCC(C)CC(C)C=[N+](C)C. The molecular formula is C11H24N+. The molecular weight excluding hydrogens is 146 g/mol. The van der Waals surface area contributed by atoms with Gasteiger partial charge in [0.25, 0.3) is 0 Å². The van der Waals surface area contributed by atoms with Gasteiger partial charge in [-0.25, -0.2) is 4.58 Å². The standard InChI is InChI=1S/C11H24N/c1-6-7-10(2)8-11(3)9-12(4)5/h9-11H,6-8H2,1-5H3/q+1. The summed E-state index contributed by atoms with van der Waals surface area (Å²) in [6, 6.07) is 0. The molecule has 0 rings (SSSR count). The van der Waals surface area contributed by atoms with Gasteiger partial charge in [0.05, 0.1) is 0 Å². The molecule has 0 amide bonds. The van der Waals surface area contributed by atoms with E-state index < -0.39 is 0 Å². The van der Waals surface area contributed by atoms with E-state index >= 15 is 0 Å². The Morgan fingerprint density at radius 3 is 2.25 bits per heavy atom. The first kappa shape index (κ1) is 11.7. The predicted molar refractivity (Wildman–Crippen MR) is 56.0 cm³/mol. The Kier molecular flexibility index (Phi) is 6.04. The fourth-order valence-electron chi connectivity index (χ4n) is 1.82. The first-order valence-corrected chi connectivity index (χ1v) is 5.07. The zero-order chi connectivity index (χ0) is 9.56. The largest absolute Gasteiger partial charge is 0.245 e. The smallest absolute Gasteiger partial charge is 0.141 e. The molecule has 0 radical (unpaired) electrons. The van der Waals surface area contributed by atoms with E-state index in [2.05, 4.69) is 45.7 Å². The summed E-state index contributed by atoms with van der Waals surface area (Å²) in [6.07, 6.45) is 6.31. The van der Waals surface area contributed by atoms with Gasteiger partial charge in [-0.15, -0.1) is 0 Å². The maximum absolute atomic E-state index is 2.35. The van der Waals surface area contributed by atoms with E-state index in [0.717, 1.165) is 11.8 Å². The molecule has 0 fully saturated rings. The van der Waals surface area contributed by atoms with Crippen LogP contribution >= 0.6 is 0 Å². The van der Waals surface area contributed by atoms with E-state index in [9.17, 15) is 0 Å². The minimum Gasteiger partial charge on any atom is -0.245 e. The fraction of sp³-hybridized carbons (Fsp3) is 0.909. The van der Waals surface area contributed by atoms with Crippen molar-refractivity contribution >= 4 is 6.21 Å². The molecule has 0 aliphatic rings. The minimum atomic E-state index is 0.724. The van der Waals surface area contributed by atoms with E-state index in [0.29, 0.717) is 0 Å². The second-order valence-corrected chi connectivity index (χ2v) is 4.22. The molecule has 0 aromatic rings. The Labute approximate surface area is 77.5 Å². The van der Waals surface area contributed by atoms with Crippen molar-refractivity contribution in [2.24, 2.45) is 11.8 Å². The van der Waals surface area contributed by atoms with E-state index in [1.165, 1.54) is 19.3 Å². The highest BCUT2D eigenvalue weighted by molar-refractivity contribution is 5.54. The highest BCUT2D eigenvalue weighted by Crippen LogP contribution is 2.14. The zero-order valence-electron chi connectivity index (χ0n) is 9.30. The molecule has 0 aromatic carbocycles. The van der Waals surface area contributed by atoms with Gasteiger partial charge in [-0.05, 0) is 12.3 Å². The Morgan fingerprint density at radius 1 is 1.25 bits per heavy atom. The molecule has 0 heterocycles. The summed E-state index contributed by atoms with van der Waals surface area (Å²) in [5, 5.41) is 0. The molecule has 72 valence electrons. The maximum Gasteiger partial charge on any atom is 0.141 e. The van der Waals surface area contributed by atoms with Gasteiger partial charge in [-0.1, -0.05) is 33.6 Å². The van der Waals surface area contributed by atoms with Crippen molar-refractivity contribution in [1.29, 1.82) is 0 Å². The Morgan fingerprint density at radius 2 is 1.83 bits per heavy atom. The van der Waals surface area contributed by atoms with Crippen molar-refractivity contribution in [2.75, 3.05) is 14.1 Å². The predicted octanol–water partition coefficient (Wildman–Crippen LogP) is 2.79. The average Bonchev–Trinajstić information content (AvgIpc) is 1.84. The van der Waals surface area contributed by atoms with Crippen LogP contribution in [0.3, 0.4) is 0 Å². The summed E-state index contributed by atoms with van der Waals surface area (Å²) in [5.41, 5.74) is 0. The molecule has 0 spiro atoms. The van der Waals surface area contributed by atoms with Crippen LogP contribution in [0.25, 0.3) is 0 Å². The van der Waals surface area contributed by atoms with Crippen molar-refractivity contribution in [3.05, 3.63) is 0 Å². The molecule has 2 atom stereocenters. The Bertz CT molecular complexity index is 134. The third-order valence-electron chi connectivity index (χ3n) is 2.11. The van der Waals surface area contributed by atoms with Crippen LogP contribution in [0.1, 0.15) is 40.0 Å². The topological polar surface area (TPSA) is 3.01 Å². The number of rotatable bonds is 5. The lowest BCUT2D eigenvalue weighted by Gasteiger charge is -2.11. The van der Waals surface area contributed by atoms with Crippen molar-refractivity contribution in [2.45, 2.75) is 40.0 Å². The van der Waals surface area contributed by atoms with Gasteiger partial charge >= 0.3 is 0 Å². The second-order valence-electron chi connectivity index (χ2n) is 4.22. The van der Waals surface area contributed by atoms with Gasteiger partial charge < -0.3 is 0 Å². The first-order valence-electron chi connectivity index (χ1n) is 5.07. The molecule has 2 unspecified atom stereocenters. The van der Waals surface area contributed by atoms with Crippen molar-refractivity contribution in [3.8, 4) is 0 Å². The first-order chi connectivity index (χ1) is 5.56. The van der Waals surface area contributed by atoms with Crippen LogP contribution in [0.4, 0.5) is 0 Å². The molecule has 1 heteroatoms. The van der Waals surface area contributed by atoms with Gasteiger partial charge in [0.2, 0.25) is 0 Å². The van der Waals surface area contributed by atoms with Crippen LogP contribution in [0, 0.1) is 11.8 Å². The van der Waals surface area contributed by atoms with Crippen LogP contribution in [0.15, 0.2) is 0 Å². The average molecular weight is 170 g/mol. The molecule has 0 aliphatic carbocycles. The van der Waals surface area contributed by atoms with Gasteiger partial charge in [0, 0.05) is 5.92 Å². The lowest BCUT2D eigenvalue weighted by molar-refractivity contribution is -0.461. The lowest BCUT2D eigenvalue weighted by Crippen LogP contribution is -2.10. The van der Waals surface area contributed by atoms with Crippen LogP contribution in [0.2, 0.25) is 0 Å². The number of hydrogen-bond donors (Lipinski definition) is 0. The molecule has 0 saturated heterocycles. The third kappa shape index (κ3) is 6.38. The van der Waals surface area contributed by atoms with E-state index in [4.69, 9.17) is 0 Å². The van der Waals surface area contributed by atoms with E-state index in [1.54, 1.807) is 0 Å². The molecule has 0 aliphatic heterocycles. The van der Waals surface area contributed by atoms with E-state index in [-0.39, 0.29) is 0 Å². The summed E-state index contributed by atoms with van der Waals surface area (Å²) < 4.78 is 2.16. The Balaban J connectivity index is 3.68. The highest BCUT2D eigenvalue weighted by atomic mass is 14.9. The molecule has 0 N–H and O–H groups in total. The quantitative estimate of drug-likeness (QED) is 0.441. The van der Waals surface area contributed by atoms with Gasteiger partial charge in [-0.3, -0.25) is 0 Å².